The topological polar surface area (TPSA) is 66.5 Å². The van der Waals surface area contributed by atoms with Gasteiger partial charge in [-0.3, -0.25) is 0 Å². The maximum absolute atomic E-state index is 0. The fourth-order valence-corrected chi connectivity index (χ4v) is 0. The summed E-state index contributed by atoms with van der Waals surface area (Å²) < 4.78 is 0. The molecule has 0 aliphatic carbocycles. The van der Waals surface area contributed by atoms with Gasteiger partial charge < -0.3 is 11.6 Å². The number of hydrogen-bond donors (Lipinski definition) is 1. The molecule has 5 N–H and O–H groups in total. The van der Waals surface area contributed by atoms with E-state index in [2.05, 4.69) is 0 Å². The van der Waals surface area contributed by atoms with Gasteiger partial charge in [0.2, 0.25) is 0 Å². The third-order valence-corrected chi connectivity index (χ3v) is 0. The van der Waals surface area contributed by atoms with Gasteiger partial charge in [-0.05, 0) is 0 Å². The molecule has 0 unspecified atom stereocenters. The third-order valence-electron chi connectivity index (χ3n) is 0. The molecule has 4 heavy (non-hydrogen) atoms. The van der Waals surface area contributed by atoms with Gasteiger partial charge in [0.05, 0.1) is 0 Å². The summed E-state index contributed by atoms with van der Waals surface area (Å²) in [4.78, 5) is 0. The summed E-state index contributed by atoms with van der Waals surface area (Å²) in [6.07, 6.45) is 0. The predicted octanol–water partition coefficient (Wildman–Crippen LogP) is -1.05. The molecule has 0 atom stereocenters. The van der Waals surface area contributed by atoms with E-state index in [0.29, 0.717) is 0 Å². The van der Waals surface area contributed by atoms with Crippen molar-refractivity contribution in [1.29, 1.82) is 0 Å². The van der Waals surface area contributed by atoms with Gasteiger partial charge in [-0.1, -0.05) is 0 Å². The molecule has 0 aliphatic rings. The molecule has 0 aromatic carbocycles. The van der Waals surface area contributed by atoms with Crippen molar-refractivity contribution < 1.29 is 27.2 Å². The van der Waals surface area contributed by atoms with Crippen molar-refractivity contribution in [2.45, 2.75) is 0 Å². The van der Waals surface area contributed by atoms with E-state index in [1.165, 1.54) is 0 Å². The zero-order chi connectivity index (χ0) is 0. The summed E-state index contributed by atoms with van der Waals surface area (Å²) >= 11 is 0. The van der Waals surface area contributed by atoms with E-state index in [1.54, 1.807) is 0 Å². The molecule has 0 heterocycles. The standard InChI is InChI=1S/B.H3N.H2O.Ti/h;1H3;1H2;. The van der Waals surface area contributed by atoms with E-state index in [9.17, 15) is 0 Å². The maximum Gasteiger partial charge on any atom is 0 e. The second kappa shape index (κ2) is 55.1. The van der Waals surface area contributed by atoms with Crippen LogP contribution in [-0.2, 0) is 21.7 Å². The summed E-state index contributed by atoms with van der Waals surface area (Å²) in [6, 6.07) is 0. The van der Waals surface area contributed by atoms with Crippen molar-refractivity contribution in [3.63, 3.8) is 0 Å². The Morgan fingerprint density at radius 1 is 1.00 bits per heavy atom. The first-order chi connectivity index (χ1) is 0. The molecule has 4 heteroatoms. The molecule has 0 saturated carbocycles. The quantitative estimate of drug-likeness (QED) is 0.382. The summed E-state index contributed by atoms with van der Waals surface area (Å²) in [5, 5.41) is 0. The van der Waals surface area contributed by atoms with Crippen LogP contribution in [0.2, 0.25) is 0 Å². The number of rotatable bonds is 0. The minimum atomic E-state index is 0. The van der Waals surface area contributed by atoms with Crippen LogP contribution < -0.4 is 6.15 Å². The average Bonchev–Trinajstić information content (AvgIpc) is 0. The molecule has 0 saturated heterocycles. The first kappa shape index (κ1) is 132. The summed E-state index contributed by atoms with van der Waals surface area (Å²) in [6.45, 7) is 0. The molecule has 2 nitrogen and oxygen atoms in total. The monoisotopic (exact) mass is 94.0 g/mol. The fraction of sp³-hybridized carbons (Fsp3) is 0. The summed E-state index contributed by atoms with van der Waals surface area (Å²) in [5.74, 6) is 0. The van der Waals surface area contributed by atoms with Gasteiger partial charge in [0, 0.05) is 30.1 Å². The molecule has 0 rings (SSSR count). The largest absolute Gasteiger partial charge is 0.412 e. The Labute approximate surface area is 42.3 Å². The van der Waals surface area contributed by atoms with Crippen LogP contribution in [0.15, 0.2) is 0 Å². The second-order valence-electron chi connectivity index (χ2n) is 0. The average molecular weight is 93.7 g/mol. The van der Waals surface area contributed by atoms with Crippen LogP contribution in [0, 0.1) is 0 Å². The van der Waals surface area contributed by atoms with Gasteiger partial charge in [-0.2, -0.15) is 0 Å². The molecule has 23 valence electrons. The Bertz CT molecular complexity index is 8.00. The number of hydrogen-bond acceptors (Lipinski definition) is 1. The normalized spacial score (nSPS) is 0. The van der Waals surface area contributed by atoms with E-state index >= 15 is 0 Å². The predicted molar refractivity (Wildman–Crippen MR) is 14.4 cm³/mol. The Kier molecular flexibility index (Phi) is 1810. The molecule has 0 aliphatic heterocycles. The van der Waals surface area contributed by atoms with E-state index in [4.69, 9.17) is 0 Å². The van der Waals surface area contributed by atoms with Crippen LogP contribution in [0.5, 0.6) is 0 Å². The van der Waals surface area contributed by atoms with Crippen LogP contribution in [-0.4, -0.2) is 13.9 Å². The van der Waals surface area contributed by atoms with Crippen molar-refractivity contribution in [2.24, 2.45) is 0 Å². The maximum atomic E-state index is 0. The van der Waals surface area contributed by atoms with Gasteiger partial charge in [0.15, 0.2) is 0 Å². The van der Waals surface area contributed by atoms with E-state index < -0.39 is 0 Å². The minimum Gasteiger partial charge on any atom is -0.412 e. The van der Waals surface area contributed by atoms with Crippen LogP contribution in [0.1, 0.15) is 0 Å². The Hall–Kier alpha value is 0.699. The Morgan fingerprint density at radius 3 is 1.00 bits per heavy atom. The summed E-state index contributed by atoms with van der Waals surface area (Å²) in [5.41, 5.74) is 0. The summed E-state index contributed by atoms with van der Waals surface area (Å²) in [7, 11) is 0. The van der Waals surface area contributed by atoms with Gasteiger partial charge in [-0.15, -0.1) is 0 Å². The zero-order valence-corrected chi connectivity index (χ0v) is 3.85. The van der Waals surface area contributed by atoms with Crippen LogP contribution in [0.3, 0.4) is 0 Å². The third kappa shape index (κ3) is 15.9. The van der Waals surface area contributed by atoms with Gasteiger partial charge in [0.25, 0.3) is 0 Å². The zero-order valence-electron chi connectivity index (χ0n) is 2.28. The van der Waals surface area contributed by atoms with Crippen molar-refractivity contribution in [3.05, 3.63) is 0 Å². The Morgan fingerprint density at radius 2 is 1.00 bits per heavy atom. The molecule has 0 aromatic heterocycles. The first-order valence-electron chi connectivity index (χ1n) is 0. The van der Waals surface area contributed by atoms with Crippen molar-refractivity contribution in [2.75, 3.05) is 0 Å². The van der Waals surface area contributed by atoms with Crippen LogP contribution >= 0.6 is 0 Å². The van der Waals surface area contributed by atoms with E-state index in [1.807, 2.05) is 0 Å². The van der Waals surface area contributed by atoms with Gasteiger partial charge in [0.1, 0.15) is 0 Å². The second-order valence-corrected chi connectivity index (χ2v) is 0. The smallest absolute Gasteiger partial charge is 0 e. The SMILES string of the molecule is N.O.[B].[Ti]. The van der Waals surface area contributed by atoms with Gasteiger partial charge >= 0.3 is 0 Å². The van der Waals surface area contributed by atoms with Crippen molar-refractivity contribution in [3.8, 4) is 0 Å². The van der Waals surface area contributed by atoms with Crippen LogP contribution in [0.4, 0.5) is 0 Å². The fourth-order valence-electron chi connectivity index (χ4n) is 0. The molecule has 0 fully saturated rings. The molecule has 3 radical (unpaired) electrons. The molecule has 0 aromatic rings. The van der Waals surface area contributed by atoms with Crippen molar-refractivity contribution in [1.82, 2.24) is 6.15 Å². The first-order valence-corrected chi connectivity index (χ1v) is 0. The molecular formula is H5BNOTi. The molecular weight excluding hydrogens is 88.7 g/mol. The Balaban J connectivity index is 0. The minimum absolute atomic E-state index is 0. The molecule has 0 amide bonds. The van der Waals surface area contributed by atoms with Gasteiger partial charge in [-0.25, -0.2) is 0 Å². The molecule has 0 spiro atoms. The molecule has 0 bridgehead atoms. The van der Waals surface area contributed by atoms with Crippen LogP contribution in [0.25, 0.3) is 0 Å². The van der Waals surface area contributed by atoms with Crippen molar-refractivity contribution >= 4 is 8.41 Å². The van der Waals surface area contributed by atoms with E-state index in [-0.39, 0.29) is 41.8 Å². The van der Waals surface area contributed by atoms with E-state index in [0.717, 1.165) is 0 Å².